The minimum Gasteiger partial charge on any atom is -0.505 e. The van der Waals surface area contributed by atoms with Crippen LogP contribution in [-0.2, 0) is 14.3 Å². The third-order valence-corrected chi connectivity index (χ3v) is 7.54. The lowest BCUT2D eigenvalue weighted by atomic mass is 9.96. The van der Waals surface area contributed by atoms with E-state index in [2.05, 4.69) is 25.8 Å². The van der Waals surface area contributed by atoms with Crippen molar-refractivity contribution in [1.29, 1.82) is 0 Å². The maximum absolute atomic E-state index is 13.4. The number of Topliss-reactive ketones (excluding diaryl/α,β-unsaturated/α-hetero) is 1. The lowest BCUT2D eigenvalue weighted by Crippen LogP contribution is -2.38. The normalized spacial score (nSPS) is 20.5. The highest BCUT2D eigenvalue weighted by atomic mass is 79.9. The number of imidazole rings is 1. The van der Waals surface area contributed by atoms with E-state index in [4.69, 9.17) is 4.74 Å². The number of ketones is 1. The van der Waals surface area contributed by atoms with Gasteiger partial charge in [-0.3, -0.25) is 14.5 Å². The standard InChI is InChI=1S/C27H29BrN4O4/c1-17-5-3-11-31-18(2)22(29-26(17)31)24(33)21-23(19-6-8-20(28)9-7-19)32(27(35)25(21)34)12-4-10-30-13-15-36-16-14-30/h3,5-9,11,23,33H,4,10,12-16H2,1-2H3/b24-21+. The molecule has 9 heteroatoms. The van der Waals surface area contributed by atoms with Crippen LogP contribution < -0.4 is 0 Å². The van der Waals surface area contributed by atoms with Crippen molar-refractivity contribution >= 4 is 39.0 Å². The second-order valence-corrected chi connectivity index (χ2v) is 10.2. The average Bonchev–Trinajstić information content (AvgIpc) is 3.35. The van der Waals surface area contributed by atoms with Crippen molar-refractivity contribution in [3.05, 3.63) is 75.2 Å². The van der Waals surface area contributed by atoms with Crippen LogP contribution in [0.15, 0.2) is 52.6 Å². The van der Waals surface area contributed by atoms with Gasteiger partial charge in [0, 0.05) is 36.8 Å². The van der Waals surface area contributed by atoms with E-state index in [1.54, 1.807) is 4.90 Å². The van der Waals surface area contributed by atoms with E-state index in [1.165, 1.54) is 0 Å². The van der Waals surface area contributed by atoms with Gasteiger partial charge in [0.25, 0.3) is 11.7 Å². The van der Waals surface area contributed by atoms with Crippen LogP contribution in [0.1, 0.15) is 35.0 Å². The Morgan fingerprint density at radius 1 is 1.11 bits per heavy atom. The Hall–Kier alpha value is -3.01. The van der Waals surface area contributed by atoms with Gasteiger partial charge in [-0.15, -0.1) is 0 Å². The summed E-state index contributed by atoms with van der Waals surface area (Å²) >= 11 is 3.46. The van der Waals surface area contributed by atoms with Crippen LogP contribution in [0.3, 0.4) is 0 Å². The molecule has 4 heterocycles. The predicted molar refractivity (Wildman–Crippen MR) is 140 cm³/mol. The molecule has 2 aliphatic rings. The van der Waals surface area contributed by atoms with E-state index in [0.717, 1.165) is 35.2 Å². The van der Waals surface area contributed by atoms with Crippen LogP contribution >= 0.6 is 15.9 Å². The third kappa shape index (κ3) is 4.47. The molecule has 1 N–H and O–H groups in total. The molecule has 1 amide bonds. The van der Waals surface area contributed by atoms with Crippen molar-refractivity contribution in [3.8, 4) is 0 Å². The Balaban J connectivity index is 1.54. The molecule has 0 aliphatic carbocycles. The molecular formula is C27H29BrN4O4. The van der Waals surface area contributed by atoms with Crippen LogP contribution in [0.5, 0.6) is 0 Å². The number of halogens is 1. The van der Waals surface area contributed by atoms with Gasteiger partial charge in [-0.2, -0.15) is 0 Å². The summed E-state index contributed by atoms with van der Waals surface area (Å²) in [5, 5.41) is 11.5. The first-order valence-electron chi connectivity index (χ1n) is 12.2. The van der Waals surface area contributed by atoms with Gasteiger partial charge in [0.1, 0.15) is 11.3 Å². The number of ether oxygens (including phenoxy) is 1. The number of hydrogen-bond acceptors (Lipinski definition) is 6. The number of aromatic nitrogens is 2. The summed E-state index contributed by atoms with van der Waals surface area (Å²) in [4.78, 5) is 35.2. The fourth-order valence-electron chi connectivity index (χ4n) is 5.07. The summed E-state index contributed by atoms with van der Waals surface area (Å²) in [5.74, 6) is -1.51. The van der Waals surface area contributed by atoms with Crippen molar-refractivity contribution in [1.82, 2.24) is 19.2 Å². The van der Waals surface area contributed by atoms with Gasteiger partial charge in [0.15, 0.2) is 5.76 Å². The summed E-state index contributed by atoms with van der Waals surface area (Å²) in [7, 11) is 0. The maximum Gasteiger partial charge on any atom is 0.295 e. The van der Waals surface area contributed by atoms with Crippen LogP contribution in [0, 0.1) is 13.8 Å². The van der Waals surface area contributed by atoms with Crippen molar-refractivity contribution in [3.63, 3.8) is 0 Å². The van der Waals surface area contributed by atoms with Crippen molar-refractivity contribution < 1.29 is 19.4 Å². The van der Waals surface area contributed by atoms with Crippen molar-refractivity contribution in [2.75, 3.05) is 39.4 Å². The number of nitrogens with zero attached hydrogens (tertiary/aromatic N) is 4. The number of carbonyl (C=O) groups excluding carboxylic acids is 2. The minimum absolute atomic E-state index is 0.0813. The first-order chi connectivity index (χ1) is 17.4. The lowest BCUT2D eigenvalue weighted by Gasteiger charge is -2.29. The smallest absolute Gasteiger partial charge is 0.295 e. The molecule has 188 valence electrons. The van der Waals surface area contributed by atoms with Crippen LogP contribution in [0.2, 0.25) is 0 Å². The highest BCUT2D eigenvalue weighted by Gasteiger charge is 2.46. The molecule has 1 atom stereocenters. The quantitative estimate of drug-likeness (QED) is 0.284. The topological polar surface area (TPSA) is 87.4 Å². The Kier molecular flexibility index (Phi) is 6.96. The van der Waals surface area contributed by atoms with E-state index >= 15 is 0 Å². The number of rotatable bonds is 6. The van der Waals surface area contributed by atoms with Gasteiger partial charge in [-0.1, -0.05) is 34.1 Å². The van der Waals surface area contributed by atoms with Gasteiger partial charge in [0.05, 0.1) is 30.5 Å². The van der Waals surface area contributed by atoms with E-state index < -0.39 is 17.7 Å². The third-order valence-electron chi connectivity index (χ3n) is 7.01. The number of amides is 1. The second kappa shape index (κ2) is 10.2. The predicted octanol–water partition coefficient (Wildman–Crippen LogP) is 3.86. The second-order valence-electron chi connectivity index (χ2n) is 9.28. The number of carbonyl (C=O) groups is 2. The van der Waals surface area contributed by atoms with E-state index in [-0.39, 0.29) is 11.3 Å². The number of aliphatic hydroxyl groups excluding tert-OH is 1. The molecule has 8 nitrogen and oxygen atoms in total. The number of aliphatic hydroxyl groups is 1. The average molecular weight is 553 g/mol. The van der Waals surface area contributed by atoms with Crippen LogP contribution in [0.4, 0.5) is 0 Å². The summed E-state index contributed by atoms with van der Waals surface area (Å²) in [6.45, 7) is 8.15. The van der Waals surface area contributed by atoms with Gasteiger partial charge in [-0.05, 0) is 49.6 Å². The monoisotopic (exact) mass is 552 g/mol. The molecule has 0 radical (unpaired) electrons. The highest BCUT2D eigenvalue weighted by molar-refractivity contribution is 9.10. The molecule has 0 spiro atoms. The summed E-state index contributed by atoms with van der Waals surface area (Å²) in [5.41, 5.74) is 3.53. The number of aryl methyl sites for hydroxylation is 2. The summed E-state index contributed by atoms with van der Waals surface area (Å²) in [6.07, 6.45) is 2.59. The van der Waals surface area contributed by atoms with Crippen molar-refractivity contribution in [2.45, 2.75) is 26.3 Å². The van der Waals surface area contributed by atoms with Crippen molar-refractivity contribution in [2.24, 2.45) is 0 Å². The fraction of sp³-hybridized carbons (Fsp3) is 0.370. The van der Waals surface area contributed by atoms with E-state index in [0.29, 0.717) is 43.2 Å². The Labute approximate surface area is 218 Å². The number of fused-ring (bicyclic) bond motifs is 1. The largest absolute Gasteiger partial charge is 0.505 e. The molecule has 2 fully saturated rings. The van der Waals surface area contributed by atoms with E-state index in [9.17, 15) is 14.7 Å². The summed E-state index contributed by atoms with van der Waals surface area (Å²) in [6, 6.07) is 10.7. The lowest BCUT2D eigenvalue weighted by molar-refractivity contribution is -0.140. The summed E-state index contributed by atoms with van der Waals surface area (Å²) < 4.78 is 8.20. The molecule has 3 aromatic rings. The highest BCUT2D eigenvalue weighted by Crippen LogP contribution is 2.40. The van der Waals surface area contributed by atoms with Gasteiger partial charge in [0.2, 0.25) is 0 Å². The number of benzene rings is 1. The molecule has 36 heavy (non-hydrogen) atoms. The fourth-order valence-corrected chi connectivity index (χ4v) is 5.33. The number of hydrogen-bond donors (Lipinski definition) is 1. The molecule has 1 unspecified atom stereocenters. The van der Waals surface area contributed by atoms with Gasteiger partial charge in [-0.25, -0.2) is 4.98 Å². The Bertz CT molecular complexity index is 1340. The molecule has 1 aromatic carbocycles. The first-order valence-corrected chi connectivity index (χ1v) is 12.9. The van der Waals surface area contributed by atoms with Gasteiger partial charge < -0.3 is 19.1 Å². The van der Waals surface area contributed by atoms with Gasteiger partial charge >= 0.3 is 0 Å². The molecular weight excluding hydrogens is 524 g/mol. The molecule has 0 bridgehead atoms. The molecule has 2 saturated heterocycles. The molecule has 2 aliphatic heterocycles. The number of likely N-dealkylation sites (tertiary alicyclic amines) is 1. The maximum atomic E-state index is 13.4. The minimum atomic E-state index is -0.687. The van der Waals surface area contributed by atoms with Crippen LogP contribution in [0.25, 0.3) is 11.4 Å². The van der Waals surface area contributed by atoms with Crippen LogP contribution in [-0.4, -0.2) is 75.4 Å². The molecule has 5 rings (SSSR count). The SMILES string of the molecule is Cc1cccn2c(C)c(/C(O)=C3\C(=O)C(=O)N(CCCN4CCOCC4)C3c3ccc(Br)cc3)nc12. The zero-order valence-electron chi connectivity index (χ0n) is 20.4. The number of morpholine rings is 1. The zero-order chi connectivity index (χ0) is 25.4. The zero-order valence-corrected chi connectivity index (χ0v) is 22.0. The Morgan fingerprint density at radius 2 is 1.83 bits per heavy atom. The molecule has 0 saturated carbocycles. The van der Waals surface area contributed by atoms with E-state index in [1.807, 2.05) is 60.8 Å². The number of pyridine rings is 1. The Morgan fingerprint density at radius 3 is 2.53 bits per heavy atom. The molecule has 2 aromatic heterocycles. The first kappa shape index (κ1) is 24.7.